The van der Waals surface area contributed by atoms with Crippen LogP contribution in [0, 0.1) is 0 Å². The third-order valence-electron chi connectivity index (χ3n) is 6.59. The Morgan fingerprint density at radius 1 is 0.976 bits per heavy atom. The summed E-state index contributed by atoms with van der Waals surface area (Å²) in [6, 6.07) is 22.0. The number of urea groups is 1. The number of carbonyl (C=O) groups is 1. The lowest BCUT2D eigenvalue weighted by atomic mass is 10.0. The summed E-state index contributed by atoms with van der Waals surface area (Å²) in [5, 5.41) is 37.4. The number of thioether (sulfide) groups is 1. The fourth-order valence-corrected chi connectivity index (χ4v) is 5.32. The number of aliphatic hydroxyl groups is 1. The Labute approximate surface area is 241 Å². The number of aromatic hydroxyl groups is 1. The van der Waals surface area contributed by atoms with Crippen molar-refractivity contribution in [3.05, 3.63) is 95.1 Å². The Morgan fingerprint density at radius 3 is 2.39 bits per heavy atom. The van der Waals surface area contributed by atoms with Gasteiger partial charge < -0.3 is 30.3 Å². The second-order valence-electron chi connectivity index (χ2n) is 9.51. The third kappa shape index (κ3) is 7.41. The van der Waals surface area contributed by atoms with Gasteiger partial charge in [0, 0.05) is 30.8 Å². The van der Waals surface area contributed by atoms with Crippen LogP contribution in [0.3, 0.4) is 0 Å². The van der Waals surface area contributed by atoms with Gasteiger partial charge in [-0.2, -0.15) is 4.68 Å². The van der Waals surface area contributed by atoms with Crippen molar-refractivity contribution in [2.24, 2.45) is 0 Å². The van der Waals surface area contributed by atoms with Gasteiger partial charge in [0.05, 0.1) is 24.5 Å². The van der Waals surface area contributed by atoms with E-state index in [4.69, 9.17) is 9.47 Å². The van der Waals surface area contributed by atoms with Crippen molar-refractivity contribution in [1.82, 2.24) is 30.8 Å². The van der Waals surface area contributed by atoms with E-state index in [-0.39, 0.29) is 30.6 Å². The van der Waals surface area contributed by atoms with Gasteiger partial charge >= 0.3 is 6.03 Å². The molecule has 2 amide bonds. The molecule has 1 aliphatic rings. The zero-order valence-electron chi connectivity index (χ0n) is 22.5. The first-order valence-electron chi connectivity index (χ1n) is 13.3. The van der Waals surface area contributed by atoms with Crippen LogP contribution in [0.1, 0.15) is 48.0 Å². The maximum atomic E-state index is 11.7. The number of carbonyl (C=O) groups excluding carboxylic acids is 1. The van der Waals surface area contributed by atoms with E-state index >= 15 is 0 Å². The van der Waals surface area contributed by atoms with Crippen LogP contribution in [-0.4, -0.2) is 54.9 Å². The maximum absolute atomic E-state index is 11.7. The Hall–Kier alpha value is -3.97. The standard InChI is InChI=1S/C29H32N6O5S/c1-2-30-28(38)31-16-19-3-9-22(10-4-19)27-39-25(15-26(40-27)21-7-5-20(17-36)6-8-21)18-41-29-32-33-34-35(29)23-11-13-24(37)14-12-23/h3-14,25-27,36-37H,2,15-18H2,1H3,(H2,30,31,38)/t25-,26+,27?/m0/s1. The smallest absolute Gasteiger partial charge is 0.315 e. The number of hydrogen-bond donors (Lipinski definition) is 4. The van der Waals surface area contributed by atoms with Gasteiger partial charge in [0.25, 0.3) is 0 Å². The Balaban J connectivity index is 1.30. The number of rotatable bonds is 10. The number of benzene rings is 3. The summed E-state index contributed by atoms with van der Waals surface area (Å²) < 4.78 is 14.5. The second-order valence-corrected chi connectivity index (χ2v) is 10.5. The molecule has 0 bridgehead atoms. The molecule has 1 fully saturated rings. The van der Waals surface area contributed by atoms with Crippen LogP contribution in [0.25, 0.3) is 5.69 Å². The normalized spacial score (nSPS) is 18.6. The second kappa shape index (κ2) is 13.6. The van der Waals surface area contributed by atoms with Crippen molar-refractivity contribution >= 4 is 17.8 Å². The Kier molecular flexibility index (Phi) is 9.47. The molecule has 12 heteroatoms. The molecule has 3 aromatic carbocycles. The lowest BCUT2D eigenvalue weighted by Gasteiger charge is -2.36. The fraction of sp³-hybridized carbons (Fsp3) is 0.310. The number of aromatic nitrogens is 4. The van der Waals surface area contributed by atoms with Gasteiger partial charge in [-0.05, 0) is 58.3 Å². The first-order chi connectivity index (χ1) is 20.0. The molecule has 0 aliphatic carbocycles. The van der Waals surface area contributed by atoms with Crippen LogP contribution in [-0.2, 0) is 22.6 Å². The van der Waals surface area contributed by atoms with Crippen LogP contribution in [0.15, 0.2) is 78.0 Å². The van der Waals surface area contributed by atoms with Gasteiger partial charge in [0.1, 0.15) is 5.75 Å². The van der Waals surface area contributed by atoms with Crippen LogP contribution in [0.2, 0.25) is 0 Å². The summed E-state index contributed by atoms with van der Waals surface area (Å²) in [5.41, 5.74) is 4.40. The molecule has 4 N–H and O–H groups in total. The van der Waals surface area contributed by atoms with Crippen LogP contribution >= 0.6 is 11.8 Å². The van der Waals surface area contributed by atoms with Crippen molar-refractivity contribution < 1.29 is 24.5 Å². The van der Waals surface area contributed by atoms with E-state index in [1.807, 2.05) is 55.5 Å². The first-order valence-corrected chi connectivity index (χ1v) is 14.3. The lowest BCUT2D eigenvalue weighted by molar-refractivity contribution is -0.245. The Morgan fingerprint density at radius 2 is 1.68 bits per heavy atom. The van der Waals surface area contributed by atoms with E-state index < -0.39 is 6.29 Å². The van der Waals surface area contributed by atoms with Crippen LogP contribution < -0.4 is 10.6 Å². The SMILES string of the molecule is CCNC(=O)NCc1ccc(C2O[C@H](CSc3nnnn3-c3ccc(O)cc3)C[C@H](c3ccc(CO)cc3)O2)cc1. The number of nitrogens with one attached hydrogen (secondary N) is 2. The highest BCUT2D eigenvalue weighted by atomic mass is 32.2. The number of nitrogens with zero attached hydrogens (tertiary/aromatic N) is 4. The molecule has 5 rings (SSSR count). The van der Waals surface area contributed by atoms with Gasteiger partial charge in [0.2, 0.25) is 5.16 Å². The number of hydrogen-bond acceptors (Lipinski definition) is 9. The first kappa shape index (κ1) is 28.6. The highest BCUT2D eigenvalue weighted by molar-refractivity contribution is 7.99. The minimum absolute atomic E-state index is 0.0200. The molecular formula is C29H32N6O5S. The van der Waals surface area contributed by atoms with E-state index in [2.05, 4.69) is 26.2 Å². The zero-order chi connectivity index (χ0) is 28.6. The molecule has 1 unspecified atom stereocenters. The summed E-state index contributed by atoms with van der Waals surface area (Å²) in [5.74, 6) is 0.750. The van der Waals surface area contributed by atoms with E-state index in [1.165, 1.54) is 11.8 Å². The molecule has 1 aliphatic heterocycles. The van der Waals surface area contributed by atoms with Gasteiger partial charge in [-0.25, -0.2) is 4.79 Å². The molecule has 4 aromatic rings. The fourth-order valence-electron chi connectivity index (χ4n) is 4.41. The summed E-state index contributed by atoms with van der Waals surface area (Å²) >= 11 is 1.48. The monoisotopic (exact) mass is 576 g/mol. The molecule has 0 saturated carbocycles. The van der Waals surface area contributed by atoms with Crippen molar-refractivity contribution in [2.75, 3.05) is 12.3 Å². The van der Waals surface area contributed by atoms with Crippen molar-refractivity contribution in [3.63, 3.8) is 0 Å². The molecule has 2 heterocycles. The molecule has 11 nitrogen and oxygen atoms in total. The van der Waals surface area contributed by atoms with Crippen molar-refractivity contribution in [3.8, 4) is 11.4 Å². The summed E-state index contributed by atoms with van der Waals surface area (Å²) in [6.07, 6.45) is -0.378. The average Bonchev–Trinajstić information content (AvgIpc) is 3.48. The number of phenols is 1. The quantitative estimate of drug-likeness (QED) is 0.206. The van der Waals surface area contributed by atoms with E-state index in [9.17, 15) is 15.0 Å². The van der Waals surface area contributed by atoms with Crippen molar-refractivity contribution in [1.29, 1.82) is 0 Å². The average molecular weight is 577 g/mol. The highest BCUT2D eigenvalue weighted by Gasteiger charge is 2.32. The molecule has 214 valence electrons. The number of aliphatic hydroxyl groups excluding tert-OH is 1. The molecular weight excluding hydrogens is 544 g/mol. The number of ether oxygens (including phenoxy) is 2. The topological polar surface area (TPSA) is 144 Å². The number of tetrazole rings is 1. The van der Waals surface area contributed by atoms with Gasteiger partial charge in [0.15, 0.2) is 6.29 Å². The molecule has 41 heavy (non-hydrogen) atoms. The minimum Gasteiger partial charge on any atom is -0.508 e. The molecule has 1 saturated heterocycles. The predicted octanol–water partition coefficient (Wildman–Crippen LogP) is 4.02. The minimum atomic E-state index is -0.602. The number of amides is 2. The predicted molar refractivity (Wildman–Crippen MR) is 152 cm³/mol. The lowest BCUT2D eigenvalue weighted by Crippen LogP contribution is -2.34. The van der Waals surface area contributed by atoms with E-state index in [0.29, 0.717) is 30.4 Å². The largest absolute Gasteiger partial charge is 0.508 e. The third-order valence-corrected chi connectivity index (χ3v) is 7.64. The molecule has 0 spiro atoms. The van der Waals surface area contributed by atoms with E-state index in [0.717, 1.165) is 27.9 Å². The molecule has 1 aromatic heterocycles. The van der Waals surface area contributed by atoms with Gasteiger partial charge in [-0.3, -0.25) is 0 Å². The van der Waals surface area contributed by atoms with Crippen molar-refractivity contribution in [2.45, 2.75) is 50.2 Å². The summed E-state index contributed by atoms with van der Waals surface area (Å²) in [6.45, 7) is 2.83. The summed E-state index contributed by atoms with van der Waals surface area (Å²) in [4.78, 5) is 11.7. The van der Waals surface area contributed by atoms with Gasteiger partial charge in [-0.1, -0.05) is 60.3 Å². The Bertz CT molecular complexity index is 1420. The maximum Gasteiger partial charge on any atom is 0.315 e. The highest BCUT2D eigenvalue weighted by Crippen LogP contribution is 2.39. The van der Waals surface area contributed by atoms with E-state index in [1.54, 1.807) is 28.9 Å². The summed E-state index contributed by atoms with van der Waals surface area (Å²) in [7, 11) is 0. The molecule has 0 radical (unpaired) electrons. The molecule has 3 atom stereocenters. The number of phenolic OH excluding ortho intramolecular Hbond substituents is 1. The van der Waals surface area contributed by atoms with Crippen LogP contribution in [0.5, 0.6) is 5.75 Å². The zero-order valence-corrected chi connectivity index (χ0v) is 23.3. The van der Waals surface area contributed by atoms with Crippen LogP contribution in [0.4, 0.5) is 4.79 Å². The van der Waals surface area contributed by atoms with Gasteiger partial charge in [-0.15, -0.1) is 5.10 Å².